The van der Waals surface area contributed by atoms with Gasteiger partial charge in [-0.3, -0.25) is 9.69 Å². The van der Waals surface area contributed by atoms with Crippen LogP contribution < -0.4 is 0 Å². The summed E-state index contributed by atoms with van der Waals surface area (Å²) >= 11 is 0. The second-order valence-electron chi connectivity index (χ2n) is 4.17. The van der Waals surface area contributed by atoms with E-state index in [-0.39, 0.29) is 5.54 Å². The van der Waals surface area contributed by atoms with Crippen molar-refractivity contribution < 1.29 is 9.90 Å². The van der Waals surface area contributed by atoms with Crippen molar-refractivity contribution in [1.82, 2.24) is 4.90 Å². The number of carbonyl (C=O) groups is 1. The van der Waals surface area contributed by atoms with Crippen LogP contribution in [0.4, 0.5) is 0 Å². The van der Waals surface area contributed by atoms with Crippen LogP contribution in [0.25, 0.3) is 0 Å². The van der Waals surface area contributed by atoms with Gasteiger partial charge in [0.15, 0.2) is 0 Å². The minimum Gasteiger partial charge on any atom is -0.481 e. The van der Waals surface area contributed by atoms with Crippen molar-refractivity contribution in [3.63, 3.8) is 0 Å². The molecule has 0 bridgehead atoms. The van der Waals surface area contributed by atoms with Gasteiger partial charge in [0.25, 0.3) is 0 Å². The van der Waals surface area contributed by atoms with E-state index in [1.807, 2.05) is 0 Å². The standard InChI is InChI=1S/C11H21NO2/c1-3-12(4-2)11(9-10(13)14)7-5-6-8-11/h3-9H2,1-2H3,(H,13,14). The summed E-state index contributed by atoms with van der Waals surface area (Å²) in [5, 5.41) is 8.95. The fourth-order valence-electron chi connectivity index (χ4n) is 2.81. The Morgan fingerprint density at radius 3 is 2.14 bits per heavy atom. The Morgan fingerprint density at radius 2 is 1.79 bits per heavy atom. The minimum absolute atomic E-state index is 0.0324. The molecule has 0 radical (unpaired) electrons. The number of nitrogens with zero attached hydrogens (tertiary/aromatic N) is 1. The molecule has 0 aromatic rings. The molecule has 3 nitrogen and oxygen atoms in total. The van der Waals surface area contributed by atoms with Gasteiger partial charge in [-0.15, -0.1) is 0 Å². The molecule has 0 atom stereocenters. The number of carboxylic acids is 1. The fourth-order valence-corrected chi connectivity index (χ4v) is 2.81. The lowest BCUT2D eigenvalue weighted by Crippen LogP contribution is -2.47. The van der Waals surface area contributed by atoms with Crippen LogP contribution in [0.2, 0.25) is 0 Å². The third kappa shape index (κ3) is 2.27. The van der Waals surface area contributed by atoms with Crippen molar-refractivity contribution >= 4 is 5.97 Å². The topological polar surface area (TPSA) is 40.5 Å². The van der Waals surface area contributed by atoms with E-state index in [1.54, 1.807) is 0 Å². The first-order valence-electron chi connectivity index (χ1n) is 5.61. The predicted molar refractivity (Wildman–Crippen MR) is 56.4 cm³/mol. The molecule has 1 fully saturated rings. The summed E-state index contributed by atoms with van der Waals surface area (Å²) in [5.41, 5.74) is -0.0324. The molecule has 0 aliphatic heterocycles. The van der Waals surface area contributed by atoms with Gasteiger partial charge in [0.2, 0.25) is 0 Å². The highest BCUT2D eigenvalue weighted by Crippen LogP contribution is 2.37. The molecular weight excluding hydrogens is 178 g/mol. The van der Waals surface area contributed by atoms with E-state index in [0.29, 0.717) is 6.42 Å². The molecular formula is C11H21NO2. The van der Waals surface area contributed by atoms with Crippen LogP contribution in [0, 0.1) is 0 Å². The maximum absolute atomic E-state index is 10.9. The monoisotopic (exact) mass is 199 g/mol. The maximum Gasteiger partial charge on any atom is 0.305 e. The molecule has 1 saturated carbocycles. The normalized spacial score (nSPS) is 20.2. The summed E-state index contributed by atoms with van der Waals surface area (Å²) in [6.07, 6.45) is 4.80. The Labute approximate surface area is 86.1 Å². The quantitative estimate of drug-likeness (QED) is 0.737. The Bertz CT molecular complexity index is 193. The zero-order valence-electron chi connectivity index (χ0n) is 9.25. The molecule has 14 heavy (non-hydrogen) atoms. The fraction of sp³-hybridized carbons (Fsp3) is 0.909. The molecule has 1 N–H and O–H groups in total. The van der Waals surface area contributed by atoms with Crippen molar-refractivity contribution in [2.75, 3.05) is 13.1 Å². The molecule has 1 aliphatic carbocycles. The number of carboxylic acid groups (broad SMARTS) is 1. The summed E-state index contributed by atoms with van der Waals surface area (Å²) in [4.78, 5) is 13.2. The highest BCUT2D eigenvalue weighted by atomic mass is 16.4. The smallest absolute Gasteiger partial charge is 0.305 e. The molecule has 0 heterocycles. The molecule has 82 valence electrons. The zero-order chi connectivity index (χ0) is 10.6. The van der Waals surface area contributed by atoms with Crippen LogP contribution in [0.3, 0.4) is 0 Å². The molecule has 1 rings (SSSR count). The van der Waals surface area contributed by atoms with Gasteiger partial charge < -0.3 is 5.11 Å². The van der Waals surface area contributed by atoms with Gasteiger partial charge >= 0.3 is 5.97 Å². The lowest BCUT2D eigenvalue weighted by molar-refractivity contribution is -0.140. The van der Waals surface area contributed by atoms with E-state index < -0.39 is 5.97 Å². The third-order valence-electron chi connectivity index (χ3n) is 3.45. The zero-order valence-corrected chi connectivity index (χ0v) is 9.25. The lowest BCUT2D eigenvalue weighted by atomic mass is 9.91. The number of hydrogen-bond acceptors (Lipinski definition) is 2. The predicted octanol–water partition coefficient (Wildman–Crippen LogP) is 2.12. The Kier molecular flexibility index (Phi) is 3.93. The first-order valence-corrected chi connectivity index (χ1v) is 5.61. The van der Waals surface area contributed by atoms with Gasteiger partial charge in [0.05, 0.1) is 6.42 Å². The maximum atomic E-state index is 10.9. The molecule has 0 amide bonds. The SMILES string of the molecule is CCN(CC)C1(CC(=O)O)CCCC1. The van der Waals surface area contributed by atoms with Crippen molar-refractivity contribution in [3.05, 3.63) is 0 Å². The molecule has 0 unspecified atom stereocenters. The van der Waals surface area contributed by atoms with Gasteiger partial charge in [-0.25, -0.2) is 0 Å². The van der Waals surface area contributed by atoms with Crippen LogP contribution in [0.15, 0.2) is 0 Å². The van der Waals surface area contributed by atoms with E-state index in [0.717, 1.165) is 25.9 Å². The highest BCUT2D eigenvalue weighted by molar-refractivity contribution is 5.68. The van der Waals surface area contributed by atoms with E-state index >= 15 is 0 Å². The Hall–Kier alpha value is -0.570. The van der Waals surface area contributed by atoms with E-state index in [1.165, 1.54) is 12.8 Å². The van der Waals surface area contributed by atoms with Crippen LogP contribution in [-0.2, 0) is 4.79 Å². The average molecular weight is 199 g/mol. The first-order chi connectivity index (χ1) is 6.64. The van der Waals surface area contributed by atoms with Crippen molar-refractivity contribution in [1.29, 1.82) is 0 Å². The Morgan fingerprint density at radius 1 is 1.29 bits per heavy atom. The van der Waals surface area contributed by atoms with Crippen LogP contribution in [-0.4, -0.2) is 34.6 Å². The molecule has 0 saturated heterocycles. The third-order valence-corrected chi connectivity index (χ3v) is 3.45. The second kappa shape index (κ2) is 4.78. The summed E-state index contributed by atoms with van der Waals surface area (Å²) in [6, 6.07) is 0. The lowest BCUT2D eigenvalue weighted by Gasteiger charge is -2.39. The molecule has 3 heteroatoms. The van der Waals surface area contributed by atoms with E-state index in [4.69, 9.17) is 5.11 Å². The van der Waals surface area contributed by atoms with Gasteiger partial charge in [-0.1, -0.05) is 26.7 Å². The average Bonchev–Trinajstić information content (AvgIpc) is 2.55. The summed E-state index contributed by atoms with van der Waals surface area (Å²) in [6.45, 7) is 6.16. The number of hydrogen-bond donors (Lipinski definition) is 1. The van der Waals surface area contributed by atoms with Crippen LogP contribution >= 0.6 is 0 Å². The van der Waals surface area contributed by atoms with Gasteiger partial charge in [0, 0.05) is 5.54 Å². The van der Waals surface area contributed by atoms with Crippen molar-refractivity contribution in [2.24, 2.45) is 0 Å². The van der Waals surface area contributed by atoms with E-state index in [9.17, 15) is 4.79 Å². The molecule has 0 aromatic carbocycles. The Balaban J connectivity index is 2.74. The van der Waals surface area contributed by atoms with Gasteiger partial charge in [0.1, 0.15) is 0 Å². The highest BCUT2D eigenvalue weighted by Gasteiger charge is 2.39. The van der Waals surface area contributed by atoms with Crippen molar-refractivity contribution in [2.45, 2.75) is 51.5 Å². The molecule has 1 aliphatic rings. The summed E-state index contributed by atoms with van der Waals surface area (Å²) in [5.74, 6) is -0.654. The van der Waals surface area contributed by atoms with Crippen molar-refractivity contribution in [3.8, 4) is 0 Å². The van der Waals surface area contributed by atoms with Crippen LogP contribution in [0.5, 0.6) is 0 Å². The largest absolute Gasteiger partial charge is 0.481 e. The summed E-state index contributed by atoms with van der Waals surface area (Å²) < 4.78 is 0. The number of rotatable bonds is 5. The van der Waals surface area contributed by atoms with Gasteiger partial charge in [-0.05, 0) is 25.9 Å². The van der Waals surface area contributed by atoms with Gasteiger partial charge in [-0.2, -0.15) is 0 Å². The number of aliphatic carboxylic acids is 1. The van der Waals surface area contributed by atoms with E-state index in [2.05, 4.69) is 18.7 Å². The molecule has 0 spiro atoms. The minimum atomic E-state index is -0.654. The van der Waals surface area contributed by atoms with Crippen LogP contribution in [0.1, 0.15) is 46.0 Å². The molecule has 0 aromatic heterocycles. The first kappa shape index (κ1) is 11.5. The second-order valence-corrected chi connectivity index (χ2v) is 4.17. The summed E-state index contributed by atoms with van der Waals surface area (Å²) in [7, 11) is 0.